The predicted molar refractivity (Wildman–Crippen MR) is 55.6 cm³/mol. The molecular formula is C10H17ClO3. The van der Waals surface area contributed by atoms with E-state index in [4.69, 9.17) is 25.8 Å². The standard InChI is InChI=1S/C10H17ClO3/c1-8(4-11)5-12-6-9-7-13-10(2,3)14-9/h9H,1,4-7H2,2-3H3/t9-/m0/s1. The summed E-state index contributed by atoms with van der Waals surface area (Å²) >= 11 is 5.56. The second-order valence-electron chi connectivity index (χ2n) is 3.85. The van der Waals surface area contributed by atoms with Gasteiger partial charge in [0.1, 0.15) is 6.10 Å². The smallest absolute Gasteiger partial charge is 0.163 e. The van der Waals surface area contributed by atoms with Crippen LogP contribution in [-0.4, -0.2) is 37.6 Å². The van der Waals surface area contributed by atoms with E-state index in [2.05, 4.69) is 6.58 Å². The highest BCUT2D eigenvalue weighted by Gasteiger charge is 2.32. The first kappa shape index (κ1) is 12.0. The van der Waals surface area contributed by atoms with Crippen LogP contribution in [0.1, 0.15) is 13.8 Å². The van der Waals surface area contributed by atoms with E-state index < -0.39 is 5.79 Å². The van der Waals surface area contributed by atoms with Crippen molar-refractivity contribution in [1.29, 1.82) is 0 Å². The molecular weight excluding hydrogens is 204 g/mol. The molecule has 0 aromatic carbocycles. The van der Waals surface area contributed by atoms with Gasteiger partial charge in [0.2, 0.25) is 0 Å². The average molecular weight is 221 g/mol. The van der Waals surface area contributed by atoms with Gasteiger partial charge in [-0.25, -0.2) is 0 Å². The number of halogens is 1. The Kier molecular flexibility index (Phi) is 4.38. The Morgan fingerprint density at radius 2 is 2.36 bits per heavy atom. The molecule has 1 aliphatic rings. The van der Waals surface area contributed by atoms with Crippen LogP contribution in [0.5, 0.6) is 0 Å². The van der Waals surface area contributed by atoms with Gasteiger partial charge in [-0.2, -0.15) is 0 Å². The van der Waals surface area contributed by atoms with Crippen LogP contribution in [0, 0.1) is 0 Å². The summed E-state index contributed by atoms with van der Waals surface area (Å²) in [6.07, 6.45) is 0.0214. The second-order valence-corrected chi connectivity index (χ2v) is 4.12. The first-order chi connectivity index (χ1) is 6.53. The molecule has 3 nitrogen and oxygen atoms in total. The molecule has 1 fully saturated rings. The average Bonchev–Trinajstić information content (AvgIpc) is 2.45. The van der Waals surface area contributed by atoms with E-state index in [0.29, 0.717) is 25.7 Å². The minimum Gasteiger partial charge on any atom is -0.374 e. The highest BCUT2D eigenvalue weighted by Crippen LogP contribution is 2.22. The van der Waals surface area contributed by atoms with Crippen molar-refractivity contribution in [2.75, 3.05) is 25.7 Å². The molecule has 0 aromatic heterocycles. The molecule has 1 heterocycles. The third kappa shape index (κ3) is 3.96. The number of alkyl halides is 1. The molecule has 0 amide bonds. The molecule has 0 radical (unpaired) electrons. The molecule has 0 aliphatic carbocycles. The van der Waals surface area contributed by atoms with Crippen molar-refractivity contribution in [3.63, 3.8) is 0 Å². The van der Waals surface area contributed by atoms with Crippen molar-refractivity contribution in [2.45, 2.75) is 25.7 Å². The van der Waals surface area contributed by atoms with Crippen LogP contribution in [0.15, 0.2) is 12.2 Å². The van der Waals surface area contributed by atoms with Gasteiger partial charge in [-0.3, -0.25) is 0 Å². The maximum atomic E-state index is 5.56. The largest absolute Gasteiger partial charge is 0.374 e. The van der Waals surface area contributed by atoms with Gasteiger partial charge < -0.3 is 14.2 Å². The van der Waals surface area contributed by atoms with E-state index in [1.165, 1.54) is 0 Å². The van der Waals surface area contributed by atoms with Crippen molar-refractivity contribution in [3.8, 4) is 0 Å². The maximum absolute atomic E-state index is 5.56. The van der Waals surface area contributed by atoms with Crippen molar-refractivity contribution in [1.82, 2.24) is 0 Å². The molecule has 1 aliphatic heterocycles. The number of ether oxygens (including phenoxy) is 3. The fourth-order valence-electron chi connectivity index (χ4n) is 1.22. The zero-order valence-corrected chi connectivity index (χ0v) is 9.47. The first-order valence-electron chi connectivity index (χ1n) is 4.65. The predicted octanol–water partition coefficient (Wildman–Crippen LogP) is 1.95. The van der Waals surface area contributed by atoms with Gasteiger partial charge in [0.25, 0.3) is 0 Å². The summed E-state index contributed by atoms with van der Waals surface area (Å²) in [5.41, 5.74) is 0.879. The fraction of sp³-hybridized carbons (Fsp3) is 0.800. The summed E-state index contributed by atoms with van der Waals surface area (Å²) in [5.74, 6) is -0.0367. The van der Waals surface area contributed by atoms with E-state index in [1.807, 2.05) is 13.8 Å². The minimum absolute atomic E-state index is 0.0214. The maximum Gasteiger partial charge on any atom is 0.163 e. The Labute approximate surface area is 90.0 Å². The lowest BCUT2D eigenvalue weighted by molar-refractivity contribution is -0.144. The highest BCUT2D eigenvalue weighted by atomic mass is 35.5. The molecule has 0 N–H and O–H groups in total. The SMILES string of the molecule is C=C(CCl)COC[C@H]1COC(C)(C)O1. The van der Waals surface area contributed by atoms with E-state index in [9.17, 15) is 0 Å². The van der Waals surface area contributed by atoms with E-state index in [0.717, 1.165) is 5.57 Å². The highest BCUT2D eigenvalue weighted by molar-refractivity contribution is 6.19. The van der Waals surface area contributed by atoms with Gasteiger partial charge in [-0.1, -0.05) is 6.58 Å². The lowest BCUT2D eigenvalue weighted by atomic mass is 10.3. The summed E-state index contributed by atoms with van der Waals surface area (Å²) in [5, 5.41) is 0. The minimum atomic E-state index is -0.475. The van der Waals surface area contributed by atoms with Crippen LogP contribution in [0.25, 0.3) is 0 Å². The second kappa shape index (κ2) is 5.12. The van der Waals surface area contributed by atoms with E-state index >= 15 is 0 Å². The number of hydrogen-bond donors (Lipinski definition) is 0. The van der Waals surface area contributed by atoms with Gasteiger partial charge in [0, 0.05) is 5.88 Å². The Bertz CT molecular complexity index is 204. The van der Waals surface area contributed by atoms with Crippen molar-refractivity contribution in [2.24, 2.45) is 0 Å². The molecule has 0 saturated carbocycles. The Balaban J connectivity index is 2.12. The molecule has 0 bridgehead atoms. The van der Waals surface area contributed by atoms with Crippen LogP contribution in [-0.2, 0) is 14.2 Å². The molecule has 1 atom stereocenters. The lowest BCUT2D eigenvalue weighted by Crippen LogP contribution is -2.24. The Hall–Kier alpha value is -0.0900. The summed E-state index contributed by atoms with van der Waals surface area (Å²) in [6.45, 7) is 9.12. The third-order valence-corrected chi connectivity index (χ3v) is 2.24. The van der Waals surface area contributed by atoms with Crippen LogP contribution in [0.3, 0.4) is 0 Å². The molecule has 0 aromatic rings. The Morgan fingerprint density at radius 1 is 1.64 bits per heavy atom. The molecule has 1 saturated heterocycles. The summed E-state index contributed by atoms with van der Waals surface area (Å²) < 4.78 is 16.3. The molecule has 0 spiro atoms. The molecule has 82 valence electrons. The van der Waals surface area contributed by atoms with Crippen molar-refractivity contribution >= 4 is 11.6 Å². The summed E-state index contributed by atoms with van der Waals surface area (Å²) in [6, 6.07) is 0. The van der Waals surface area contributed by atoms with Crippen LogP contribution < -0.4 is 0 Å². The number of hydrogen-bond acceptors (Lipinski definition) is 3. The van der Waals surface area contributed by atoms with Gasteiger partial charge in [0.05, 0.1) is 19.8 Å². The monoisotopic (exact) mass is 220 g/mol. The van der Waals surface area contributed by atoms with Crippen LogP contribution in [0.4, 0.5) is 0 Å². The molecule has 0 unspecified atom stereocenters. The van der Waals surface area contributed by atoms with Crippen molar-refractivity contribution < 1.29 is 14.2 Å². The van der Waals surface area contributed by atoms with E-state index in [1.54, 1.807) is 0 Å². The zero-order valence-electron chi connectivity index (χ0n) is 8.72. The fourth-order valence-corrected chi connectivity index (χ4v) is 1.30. The molecule has 14 heavy (non-hydrogen) atoms. The zero-order chi connectivity index (χ0) is 10.6. The van der Waals surface area contributed by atoms with Crippen molar-refractivity contribution in [3.05, 3.63) is 12.2 Å². The quantitative estimate of drug-likeness (QED) is 0.524. The molecule has 1 rings (SSSR count). The normalized spacial score (nSPS) is 25.2. The van der Waals surface area contributed by atoms with Crippen LogP contribution in [0.2, 0.25) is 0 Å². The third-order valence-electron chi connectivity index (χ3n) is 1.87. The lowest BCUT2D eigenvalue weighted by Gasteiger charge is -2.17. The van der Waals surface area contributed by atoms with Gasteiger partial charge in [-0.15, -0.1) is 11.6 Å². The summed E-state index contributed by atoms with van der Waals surface area (Å²) in [4.78, 5) is 0. The summed E-state index contributed by atoms with van der Waals surface area (Å²) in [7, 11) is 0. The van der Waals surface area contributed by atoms with Gasteiger partial charge >= 0.3 is 0 Å². The molecule has 4 heteroatoms. The van der Waals surface area contributed by atoms with Crippen LogP contribution >= 0.6 is 11.6 Å². The van der Waals surface area contributed by atoms with Gasteiger partial charge in [0.15, 0.2) is 5.79 Å². The first-order valence-corrected chi connectivity index (χ1v) is 5.19. The van der Waals surface area contributed by atoms with Gasteiger partial charge in [-0.05, 0) is 19.4 Å². The topological polar surface area (TPSA) is 27.7 Å². The number of rotatable bonds is 5. The Morgan fingerprint density at radius 3 is 2.86 bits per heavy atom. The van der Waals surface area contributed by atoms with E-state index in [-0.39, 0.29) is 6.10 Å².